The zero-order chi connectivity index (χ0) is 22.6. The van der Waals surface area contributed by atoms with E-state index in [1.54, 1.807) is 0 Å². The number of anilines is 1. The topological polar surface area (TPSA) is 49.4 Å². The van der Waals surface area contributed by atoms with Crippen LogP contribution in [0.5, 0.6) is 0 Å². The van der Waals surface area contributed by atoms with Crippen LogP contribution in [0.4, 0.5) is 5.69 Å². The first-order valence-corrected chi connectivity index (χ1v) is 12.1. The summed E-state index contributed by atoms with van der Waals surface area (Å²) in [6.07, 6.45) is 7.19. The van der Waals surface area contributed by atoms with Crippen LogP contribution in [0.3, 0.4) is 0 Å². The van der Waals surface area contributed by atoms with Crippen LogP contribution >= 0.6 is 0 Å². The van der Waals surface area contributed by atoms with Crippen LogP contribution in [0.1, 0.15) is 59.2 Å². The van der Waals surface area contributed by atoms with Gasteiger partial charge in [-0.1, -0.05) is 61.4 Å². The molecule has 4 heteroatoms. The zero-order valence-electron chi connectivity index (χ0n) is 18.9. The maximum Gasteiger partial charge on any atom is 0.255 e. The third-order valence-corrected chi connectivity index (χ3v) is 7.13. The standard InChI is InChI=1S/C29H30N2O2/c32-28(24-17-15-22(16-18-24)21-8-2-1-3-9-21)30-26-13-6-11-25(20-26)29(33)31-19-7-12-23-10-4-5-14-27(23)31/h1-3,6,8-9,11,13,15-18,20,23,27H,4-5,7,10,12,14,19H2,(H,30,32)/t23-,27-/m0/s1. The molecule has 1 saturated heterocycles. The van der Waals surface area contributed by atoms with Crippen molar-refractivity contribution in [1.29, 1.82) is 0 Å². The van der Waals surface area contributed by atoms with Crippen LogP contribution in [-0.2, 0) is 0 Å². The van der Waals surface area contributed by atoms with Gasteiger partial charge in [-0.3, -0.25) is 9.59 Å². The Bertz CT molecular complexity index is 1120. The second-order valence-electron chi connectivity index (χ2n) is 9.23. The molecular formula is C29H30N2O2. The van der Waals surface area contributed by atoms with Gasteiger partial charge in [0.05, 0.1) is 0 Å². The van der Waals surface area contributed by atoms with Crippen LogP contribution in [0.2, 0.25) is 0 Å². The first-order valence-electron chi connectivity index (χ1n) is 12.1. The molecule has 2 atom stereocenters. The number of nitrogens with zero attached hydrogens (tertiary/aromatic N) is 1. The lowest BCUT2D eigenvalue weighted by Crippen LogP contribution is -2.49. The van der Waals surface area contributed by atoms with Crippen molar-refractivity contribution in [2.24, 2.45) is 5.92 Å². The lowest BCUT2D eigenvalue weighted by atomic mass is 9.78. The maximum atomic E-state index is 13.3. The summed E-state index contributed by atoms with van der Waals surface area (Å²) in [5.41, 5.74) is 4.08. The number of carbonyl (C=O) groups is 2. The fourth-order valence-corrected chi connectivity index (χ4v) is 5.42. The number of piperidine rings is 1. The molecular weight excluding hydrogens is 408 g/mol. The maximum absolute atomic E-state index is 13.3. The van der Waals surface area contributed by atoms with Gasteiger partial charge in [0.15, 0.2) is 0 Å². The SMILES string of the molecule is O=C(Nc1cccc(C(=O)N2CCC[C@@H]3CCCC[C@@H]32)c1)c1ccc(-c2ccccc2)cc1. The van der Waals surface area contributed by atoms with Crippen molar-refractivity contribution in [2.75, 3.05) is 11.9 Å². The molecule has 1 aliphatic carbocycles. The van der Waals surface area contributed by atoms with E-state index in [1.807, 2.05) is 66.7 Å². The predicted octanol–water partition coefficient (Wildman–Crippen LogP) is 6.40. The molecule has 0 radical (unpaired) electrons. The smallest absolute Gasteiger partial charge is 0.255 e. The highest BCUT2D eigenvalue weighted by molar-refractivity contribution is 6.05. The third kappa shape index (κ3) is 4.70. The molecule has 2 amide bonds. The van der Waals surface area contributed by atoms with E-state index in [0.717, 1.165) is 30.5 Å². The summed E-state index contributed by atoms with van der Waals surface area (Å²) in [7, 11) is 0. The molecule has 1 aliphatic heterocycles. The third-order valence-electron chi connectivity index (χ3n) is 7.13. The van der Waals surface area contributed by atoms with E-state index >= 15 is 0 Å². The first-order chi connectivity index (χ1) is 16.2. The van der Waals surface area contributed by atoms with Crippen molar-refractivity contribution >= 4 is 17.5 Å². The van der Waals surface area contributed by atoms with Gasteiger partial charge in [-0.25, -0.2) is 0 Å². The molecule has 3 aromatic carbocycles. The Morgan fingerprint density at radius 1 is 0.727 bits per heavy atom. The Morgan fingerprint density at radius 3 is 2.27 bits per heavy atom. The van der Waals surface area contributed by atoms with Crippen molar-refractivity contribution in [3.05, 3.63) is 90.0 Å². The number of likely N-dealkylation sites (tertiary alicyclic amines) is 1. The van der Waals surface area contributed by atoms with E-state index < -0.39 is 0 Å². The highest BCUT2D eigenvalue weighted by atomic mass is 16.2. The summed E-state index contributed by atoms with van der Waals surface area (Å²) in [5, 5.41) is 2.96. The minimum Gasteiger partial charge on any atom is -0.335 e. The molecule has 0 spiro atoms. The molecule has 2 aliphatic rings. The normalized spacial score (nSPS) is 20.1. The molecule has 0 bridgehead atoms. The average molecular weight is 439 g/mol. The number of benzene rings is 3. The van der Waals surface area contributed by atoms with Crippen molar-refractivity contribution in [3.8, 4) is 11.1 Å². The van der Waals surface area contributed by atoms with Crippen LogP contribution in [0, 0.1) is 5.92 Å². The van der Waals surface area contributed by atoms with E-state index in [9.17, 15) is 9.59 Å². The Hall–Kier alpha value is -3.40. The van der Waals surface area contributed by atoms with Gasteiger partial charge in [-0.15, -0.1) is 0 Å². The van der Waals surface area contributed by atoms with Gasteiger partial charge in [0.2, 0.25) is 0 Å². The van der Waals surface area contributed by atoms with Gasteiger partial charge in [0, 0.05) is 29.4 Å². The number of nitrogens with one attached hydrogen (secondary N) is 1. The van der Waals surface area contributed by atoms with Crippen molar-refractivity contribution in [1.82, 2.24) is 4.90 Å². The fraction of sp³-hybridized carbons (Fsp3) is 0.310. The van der Waals surface area contributed by atoms with E-state index in [1.165, 1.54) is 25.7 Å². The Morgan fingerprint density at radius 2 is 1.45 bits per heavy atom. The van der Waals surface area contributed by atoms with Crippen molar-refractivity contribution < 1.29 is 9.59 Å². The molecule has 3 aromatic rings. The van der Waals surface area contributed by atoms with Crippen LogP contribution in [0.25, 0.3) is 11.1 Å². The average Bonchev–Trinajstić information content (AvgIpc) is 2.88. The number of amides is 2. The van der Waals surface area contributed by atoms with Crippen LogP contribution < -0.4 is 5.32 Å². The number of fused-ring (bicyclic) bond motifs is 1. The summed E-state index contributed by atoms with van der Waals surface area (Å²) in [4.78, 5) is 28.3. The summed E-state index contributed by atoms with van der Waals surface area (Å²) in [6.45, 7) is 0.838. The van der Waals surface area contributed by atoms with Crippen molar-refractivity contribution in [3.63, 3.8) is 0 Å². The highest BCUT2D eigenvalue weighted by Crippen LogP contribution is 2.36. The Kier molecular flexibility index (Phi) is 6.25. The number of hydrogen-bond donors (Lipinski definition) is 1. The van der Waals surface area contributed by atoms with Crippen molar-refractivity contribution in [2.45, 2.75) is 44.6 Å². The molecule has 1 N–H and O–H groups in total. The van der Waals surface area contributed by atoms with Gasteiger partial charge in [-0.2, -0.15) is 0 Å². The highest BCUT2D eigenvalue weighted by Gasteiger charge is 2.36. The minimum absolute atomic E-state index is 0.0925. The lowest BCUT2D eigenvalue weighted by molar-refractivity contribution is 0.0390. The summed E-state index contributed by atoms with van der Waals surface area (Å²) in [6, 6.07) is 25.4. The first kappa shape index (κ1) is 21.4. The minimum atomic E-state index is -0.176. The molecule has 1 saturated carbocycles. The van der Waals surface area contributed by atoms with E-state index in [0.29, 0.717) is 28.8 Å². The Balaban J connectivity index is 1.28. The molecule has 4 nitrogen and oxygen atoms in total. The van der Waals surface area contributed by atoms with Crippen LogP contribution in [-0.4, -0.2) is 29.3 Å². The van der Waals surface area contributed by atoms with Gasteiger partial charge >= 0.3 is 0 Å². The van der Waals surface area contributed by atoms with Crippen LogP contribution in [0.15, 0.2) is 78.9 Å². The molecule has 5 rings (SSSR count). The van der Waals surface area contributed by atoms with Gasteiger partial charge in [-0.05, 0) is 73.1 Å². The van der Waals surface area contributed by atoms with E-state index in [4.69, 9.17) is 0 Å². The zero-order valence-corrected chi connectivity index (χ0v) is 18.9. The largest absolute Gasteiger partial charge is 0.335 e. The van der Waals surface area contributed by atoms with E-state index in [-0.39, 0.29) is 11.8 Å². The number of hydrogen-bond acceptors (Lipinski definition) is 2. The van der Waals surface area contributed by atoms with Gasteiger partial charge < -0.3 is 10.2 Å². The summed E-state index contributed by atoms with van der Waals surface area (Å²) < 4.78 is 0. The van der Waals surface area contributed by atoms with Gasteiger partial charge in [0.1, 0.15) is 0 Å². The lowest BCUT2D eigenvalue weighted by Gasteiger charge is -2.44. The quantitative estimate of drug-likeness (QED) is 0.512. The van der Waals surface area contributed by atoms with Gasteiger partial charge in [0.25, 0.3) is 11.8 Å². The molecule has 2 fully saturated rings. The predicted molar refractivity (Wildman–Crippen MR) is 132 cm³/mol. The summed E-state index contributed by atoms with van der Waals surface area (Å²) >= 11 is 0. The summed E-state index contributed by atoms with van der Waals surface area (Å²) in [5.74, 6) is 0.567. The molecule has 33 heavy (non-hydrogen) atoms. The fourth-order valence-electron chi connectivity index (χ4n) is 5.42. The number of rotatable bonds is 4. The molecule has 0 aromatic heterocycles. The monoisotopic (exact) mass is 438 g/mol. The number of carbonyl (C=O) groups excluding carboxylic acids is 2. The van der Waals surface area contributed by atoms with E-state index in [2.05, 4.69) is 22.3 Å². The molecule has 0 unspecified atom stereocenters. The second-order valence-corrected chi connectivity index (χ2v) is 9.23. The second kappa shape index (κ2) is 9.62. The molecule has 1 heterocycles. The molecule has 168 valence electrons. The Labute approximate surface area is 195 Å².